The van der Waals surface area contributed by atoms with E-state index in [0.29, 0.717) is 0 Å². The fraction of sp³-hybridized carbons (Fsp3) is 0.300. The molecule has 14 heavy (non-hydrogen) atoms. The number of aryl methyl sites for hydroxylation is 1. The predicted octanol–water partition coefficient (Wildman–Crippen LogP) is 1.77. The summed E-state index contributed by atoms with van der Waals surface area (Å²) in [5.41, 5.74) is 1.31. The van der Waals surface area contributed by atoms with Gasteiger partial charge in [0.2, 0.25) is 0 Å². The molecule has 2 heterocycles. The van der Waals surface area contributed by atoms with Gasteiger partial charge in [0, 0.05) is 44.1 Å². The van der Waals surface area contributed by atoms with Crippen LogP contribution in [0.15, 0.2) is 30.0 Å². The van der Waals surface area contributed by atoms with Crippen LogP contribution in [0.1, 0.15) is 10.6 Å². The molecule has 0 atom stereocenters. The van der Waals surface area contributed by atoms with E-state index >= 15 is 0 Å². The zero-order chi connectivity index (χ0) is 9.80. The van der Waals surface area contributed by atoms with Crippen molar-refractivity contribution in [2.75, 3.05) is 0 Å². The molecule has 2 aromatic heterocycles. The fourth-order valence-corrected chi connectivity index (χ4v) is 1.91. The first-order chi connectivity index (χ1) is 6.84. The molecule has 0 aliphatic heterocycles. The van der Waals surface area contributed by atoms with Crippen LogP contribution in [0.2, 0.25) is 0 Å². The molecule has 2 rings (SSSR count). The lowest BCUT2D eigenvalue weighted by Gasteiger charge is -1.99. The minimum absolute atomic E-state index is 0.854. The first-order valence-electron chi connectivity index (χ1n) is 4.54. The molecule has 0 bridgehead atoms. The zero-order valence-electron chi connectivity index (χ0n) is 8.10. The van der Waals surface area contributed by atoms with Crippen molar-refractivity contribution in [1.82, 2.24) is 14.9 Å². The fourth-order valence-electron chi connectivity index (χ4n) is 1.32. The van der Waals surface area contributed by atoms with Gasteiger partial charge in [-0.1, -0.05) is 0 Å². The highest BCUT2D eigenvalue weighted by atomic mass is 32.1. The highest BCUT2D eigenvalue weighted by Gasteiger charge is 1.96. The lowest BCUT2D eigenvalue weighted by molar-refractivity contribution is 0.689. The third-order valence-corrected chi connectivity index (χ3v) is 2.76. The Hall–Kier alpha value is -1.13. The SMILES string of the molecule is Cn1ccc(CNCc2nccs2)c1. The first kappa shape index (κ1) is 9.43. The molecule has 4 heteroatoms. The molecule has 74 valence electrons. The van der Waals surface area contributed by atoms with Gasteiger partial charge in [-0.3, -0.25) is 0 Å². The maximum atomic E-state index is 4.20. The highest BCUT2D eigenvalue weighted by molar-refractivity contribution is 7.09. The van der Waals surface area contributed by atoms with Gasteiger partial charge in [0.25, 0.3) is 0 Å². The van der Waals surface area contributed by atoms with E-state index in [1.165, 1.54) is 5.56 Å². The first-order valence-corrected chi connectivity index (χ1v) is 5.42. The summed E-state index contributed by atoms with van der Waals surface area (Å²) in [6.07, 6.45) is 6.01. The standard InChI is InChI=1S/C10H13N3S/c1-13-4-2-9(8-13)6-11-7-10-12-3-5-14-10/h2-5,8,11H,6-7H2,1H3. The molecular weight excluding hydrogens is 194 g/mol. The Balaban J connectivity index is 1.78. The molecule has 0 aliphatic carbocycles. The van der Waals surface area contributed by atoms with E-state index in [2.05, 4.69) is 33.3 Å². The Bertz CT molecular complexity index is 378. The van der Waals surface area contributed by atoms with Gasteiger partial charge >= 0.3 is 0 Å². The maximum absolute atomic E-state index is 4.20. The normalized spacial score (nSPS) is 10.6. The average Bonchev–Trinajstić information content (AvgIpc) is 2.77. The van der Waals surface area contributed by atoms with Crippen LogP contribution in [0, 0.1) is 0 Å². The molecule has 3 nitrogen and oxygen atoms in total. The molecule has 1 N–H and O–H groups in total. The van der Waals surface area contributed by atoms with Gasteiger partial charge in [-0.05, 0) is 11.6 Å². The molecular formula is C10H13N3S. The largest absolute Gasteiger partial charge is 0.357 e. The molecule has 0 saturated carbocycles. The van der Waals surface area contributed by atoms with Gasteiger partial charge < -0.3 is 9.88 Å². The second-order valence-electron chi connectivity index (χ2n) is 3.21. The van der Waals surface area contributed by atoms with Crippen molar-refractivity contribution in [3.05, 3.63) is 40.6 Å². The Morgan fingerprint density at radius 1 is 1.50 bits per heavy atom. The highest BCUT2D eigenvalue weighted by Crippen LogP contribution is 2.04. The molecule has 0 unspecified atom stereocenters. The van der Waals surface area contributed by atoms with E-state index in [1.54, 1.807) is 11.3 Å². The zero-order valence-corrected chi connectivity index (χ0v) is 8.92. The summed E-state index contributed by atoms with van der Waals surface area (Å²) in [5.74, 6) is 0. The second kappa shape index (κ2) is 4.39. The summed E-state index contributed by atoms with van der Waals surface area (Å²) < 4.78 is 2.06. The second-order valence-corrected chi connectivity index (χ2v) is 4.19. The lowest BCUT2D eigenvalue weighted by Crippen LogP contribution is -2.11. The van der Waals surface area contributed by atoms with Crippen molar-refractivity contribution in [3.8, 4) is 0 Å². The number of rotatable bonds is 4. The van der Waals surface area contributed by atoms with E-state index < -0.39 is 0 Å². The van der Waals surface area contributed by atoms with Crippen molar-refractivity contribution in [2.24, 2.45) is 7.05 Å². The van der Waals surface area contributed by atoms with Gasteiger partial charge in [-0.15, -0.1) is 11.3 Å². The monoisotopic (exact) mass is 207 g/mol. The summed E-state index contributed by atoms with van der Waals surface area (Å²) in [7, 11) is 2.03. The quantitative estimate of drug-likeness (QED) is 0.828. The number of hydrogen-bond donors (Lipinski definition) is 1. The van der Waals surface area contributed by atoms with E-state index in [4.69, 9.17) is 0 Å². The molecule has 0 spiro atoms. The lowest BCUT2D eigenvalue weighted by atomic mass is 10.3. The molecule has 2 aromatic rings. The van der Waals surface area contributed by atoms with Gasteiger partial charge in [-0.25, -0.2) is 4.98 Å². The Kier molecular flexibility index (Phi) is 2.96. The van der Waals surface area contributed by atoms with Crippen molar-refractivity contribution < 1.29 is 0 Å². The third-order valence-electron chi connectivity index (χ3n) is 1.98. The Morgan fingerprint density at radius 3 is 3.07 bits per heavy atom. The van der Waals surface area contributed by atoms with Crippen LogP contribution < -0.4 is 5.32 Å². The number of nitrogens with one attached hydrogen (secondary N) is 1. The van der Waals surface area contributed by atoms with Crippen LogP contribution >= 0.6 is 11.3 Å². The number of nitrogens with zero attached hydrogens (tertiary/aromatic N) is 2. The number of hydrogen-bond acceptors (Lipinski definition) is 3. The minimum atomic E-state index is 0.854. The molecule has 0 aromatic carbocycles. The summed E-state index contributed by atoms with van der Waals surface area (Å²) >= 11 is 1.68. The van der Waals surface area contributed by atoms with Crippen molar-refractivity contribution in [3.63, 3.8) is 0 Å². The van der Waals surface area contributed by atoms with E-state index in [1.807, 2.05) is 18.6 Å². The van der Waals surface area contributed by atoms with E-state index in [9.17, 15) is 0 Å². The summed E-state index contributed by atoms with van der Waals surface area (Å²) in [6.45, 7) is 1.76. The van der Waals surface area contributed by atoms with Crippen molar-refractivity contribution in [1.29, 1.82) is 0 Å². The van der Waals surface area contributed by atoms with Gasteiger partial charge in [0.1, 0.15) is 5.01 Å². The average molecular weight is 207 g/mol. The third kappa shape index (κ3) is 2.43. The van der Waals surface area contributed by atoms with Crippen LogP contribution in [0.3, 0.4) is 0 Å². The van der Waals surface area contributed by atoms with Gasteiger partial charge in [0.15, 0.2) is 0 Å². The smallest absolute Gasteiger partial charge is 0.106 e. The maximum Gasteiger partial charge on any atom is 0.106 e. The molecule has 0 radical (unpaired) electrons. The summed E-state index contributed by atoms with van der Waals surface area (Å²) in [4.78, 5) is 4.20. The van der Waals surface area contributed by atoms with Crippen LogP contribution in [0.4, 0.5) is 0 Å². The Morgan fingerprint density at radius 2 is 2.43 bits per heavy atom. The van der Waals surface area contributed by atoms with E-state index in [0.717, 1.165) is 18.1 Å². The van der Waals surface area contributed by atoms with Crippen LogP contribution in [0.25, 0.3) is 0 Å². The van der Waals surface area contributed by atoms with Crippen LogP contribution in [0.5, 0.6) is 0 Å². The molecule has 0 fully saturated rings. The van der Waals surface area contributed by atoms with Crippen LogP contribution in [-0.2, 0) is 20.1 Å². The summed E-state index contributed by atoms with van der Waals surface area (Å²) in [6, 6.07) is 2.12. The molecule has 0 saturated heterocycles. The topological polar surface area (TPSA) is 29.9 Å². The number of aromatic nitrogens is 2. The van der Waals surface area contributed by atoms with Crippen LogP contribution in [-0.4, -0.2) is 9.55 Å². The van der Waals surface area contributed by atoms with E-state index in [-0.39, 0.29) is 0 Å². The molecule has 0 aliphatic rings. The predicted molar refractivity (Wildman–Crippen MR) is 58.1 cm³/mol. The van der Waals surface area contributed by atoms with Crippen molar-refractivity contribution in [2.45, 2.75) is 13.1 Å². The van der Waals surface area contributed by atoms with Crippen molar-refractivity contribution >= 4 is 11.3 Å². The van der Waals surface area contributed by atoms with Gasteiger partial charge in [0.05, 0.1) is 0 Å². The van der Waals surface area contributed by atoms with Gasteiger partial charge in [-0.2, -0.15) is 0 Å². The summed E-state index contributed by atoms with van der Waals surface area (Å²) in [5, 5.41) is 6.49. The minimum Gasteiger partial charge on any atom is -0.357 e. The number of thiazole rings is 1. The Labute approximate surface area is 87.4 Å². The molecule has 0 amide bonds.